The zero-order valence-electron chi connectivity index (χ0n) is 24.2. The quantitative estimate of drug-likeness (QED) is 0.396. The predicted molar refractivity (Wildman–Crippen MR) is 152 cm³/mol. The van der Waals surface area contributed by atoms with E-state index in [1.807, 2.05) is 20.1 Å². The van der Waals surface area contributed by atoms with Gasteiger partial charge in [-0.25, -0.2) is 4.79 Å². The van der Waals surface area contributed by atoms with E-state index in [0.717, 1.165) is 31.2 Å². The molecule has 218 valence electrons. The number of carbonyl (C=O) groups excluding carboxylic acids is 1. The molecular formula is C30H44O7S2. The van der Waals surface area contributed by atoms with Crippen LogP contribution >= 0.6 is 11.8 Å². The van der Waals surface area contributed by atoms with Crippen LogP contribution in [0, 0.1) is 46.8 Å². The van der Waals surface area contributed by atoms with E-state index in [9.17, 15) is 23.1 Å². The first kappa shape index (κ1) is 30.5. The third kappa shape index (κ3) is 4.89. The molecule has 9 heteroatoms. The van der Waals surface area contributed by atoms with Crippen molar-refractivity contribution in [3.8, 4) is 0 Å². The molecule has 1 aromatic carbocycles. The van der Waals surface area contributed by atoms with Crippen LogP contribution in [-0.2, 0) is 28.6 Å². The molecule has 3 aliphatic carbocycles. The number of carbonyl (C=O) groups is 2. The summed E-state index contributed by atoms with van der Waals surface area (Å²) in [6.07, 6.45) is 3.77. The van der Waals surface area contributed by atoms with Crippen LogP contribution in [0.25, 0.3) is 0 Å². The fourth-order valence-electron chi connectivity index (χ4n) is 8.71. The van der Waals surface area contributed by atoms with Crippen molar-refractivity contribution < 1.29 is 32.0 Å². The van der Waals surface area contributed by atoms with Crippen LogP contribution in [0.4, 0.5) is 0 Å². The molecule has 1 unspecified atom stereocenters. The number of ether oxygens (including phenoxy) is 1. The molecular weight excluding hydrogens is 536 g/mol. The van der Waals surface area contributed by atoms with Crippen LogP contribution in [0.15, 0.2) is 29.2 Å². The fraction of sp³-hybridized carbons (Fsp3) is 0.733. The Labute approximate surface area is 237 Å². The number of aliphatic carboxylic acids is 1. The molecule has 9 atom stereocenters. The number of hydrogen-bond donors (Lipinski definition) is 1. The van der Waals surface area contributed by atoms with Crippen LogP contribution in [0.3, 0.4) is 0 Å². The number of carboxylic acid groups (broad SMARTS) is 1. The molecule has 0 amide bonds. The zero-order valence-corrected chi connectivity index (χ0v) is 25.9. The highest BCUT2D eigenvalue weighted by Gasteiger charge is 2.69. The van der Waals surface area contributed by atoms with Crippen LogP contribution in [0.5, 0.6) is 0 Å². The average molecular weight is 581 g/mol. The summed E-state index contributed by atoms with van der Waals surface area (Å²) in [4.78, 5) is 27.3. The first-order valence-electron chi connectivity index (χ1n) is 14.0. The smallest absolute Gasteiger partial charge is 0.334 e. The number of Topliss-reactive ketones (excluding diaryl/α,β-unsaturated/α-hetero) is 1. The summed E-state index contributed by atoms with van der Waals surface area (Å²) in [6.45, 7) is 10.1. The largest absolute Gasteiger partial charge is 0.479 e. The minimum Gasteiger partial charge on any atom is -0.479 e. The maximum absolute atomic E-state index is 14.3. The molecule has 3 aliphatic rings. The van der Waals surface area contributed by atoms with Gasteiger partial charge < -0.3 is 9.84 Å². The summed E-state index contributed by atoms with van der Waals surface area (Å²) in [5.41, 5.74) is -0.891. The minimum atomic E-state index is -4.38. The summed E-state index contributed by atoms with van der Waals surface area (Å²) in [7, 11) is -2.69. The number of carboxylic acids is 1. The maximum atomic E-state index is 14.3. The van der Waals surface area contributed by atoms with Crippen molar-refractivity contribution in [2.75, 3.05) is 19.1 Å². The average Bonchev–Trinajstić information content (AvgIpc) is 3.28. The van der Waals surface area contributed by atoms with E-state index in [4.69, 9.17) is 8.92 Å². The van der Waals surface area contributed by atoms with Gasteiger partial charge >= 0.3 is 5.97 Å². The zero-order chi connectivity index (χ0) is 29.0. The van der Waals surface area contributed by atoms with Gasteiger partial charge in [0.1, 0.15) is 5.78 Å². The number of benzene rings is 1. The van der Waals surface area contributed by atoms with E-state index in [-0.39, 0.29) is 46.4 Å². The molecule has 3 fully saturated rings. The Morgan fingerprint density at radius 1 is 1.15 bits per heavy atom. The number of ketones is 1. The molecule has 0 heterocycles. The Balaban J connectivity index is 1.92. The van der Waals surface area contributed by atoms with E-state index in [0.29, 0.717) is 5.75 Å². The lowest BCUT2D eigenvalue weighted by atomic mass is 9.41. The first-order chi connectivity index (χ1) is 18.2. The Kier molecular flexibility index (Phi) is 8.43. The lowest BCUT2D eigenvalue weighted by Crippen LogP contribution is -2.63. The topological polar surface area (TPSA) is 107 Å². The van der Waals surface area contributed by atoms with Crippen molar-refractivity contribution in [2.45, 2.75) is 83.8 Å². The van der Waals surface area contributed by atoms with Crippen molar-refractivity contribution >= 4 is 33.6 Å². The third-order valence-corrected chi connectivity index (χ3v) is 13.1. The fourth-order valence-corrected chi connectivity index (χ4v) is 10.7. The highest BCUT2D eigenvalue weighted by atomic mass is 32.2. The highest BCUT2D eigenvalue weighted by Crippen LogP contribution is 2.70. The van der Waals surface area contributed by atoms with Gasteiger partial charge in [0.2, 0.25) is 0 Å². The highest BCUT2D eigenvalue weighted by molar-refractivity contribution is 7.98. The molecule has 0 saturated heterocycles. The normalized spacial score (nSPS) is 39.5. The van der Waals surface area contributed by atoms with Crippen LogP contribution in [-0.4, -0.2) is 56.6 Å². The standard InChI is InChI=1S/C30H44O7S2/c1-18-8-10-21(11-9-18)39(34,35)37-24(27(32)33)22-16-28(4,17-38-7)26(31)20(3)30-14-12-19(2)29(22,5)25(30)23(36-6)13-15-30/h8-11,19-20,22-25H,12-17H2,1-7H3,(H,32,33)/t19-,20+,22+,23-,24?,25-,28+,29-,30+/m1/s1. The van der Waals surface area contributed by atoms with Gasteiger partial charge in [-0.15, -0.1) is 0 Å². The van der Waals surface area contributed by atoms with Gasteiger partial charge in [0.05, 0.1) is 11.0 Å². The SMILES string of the molecule is CO[C@@H]1CC[C@@]23CC[C@@H](C)[C@](C)([C@H](C(OS(=O)(=O)c4ccc(C)cc4)C(=O)O)C[C@@](C)(CSC)C(=O)[C@@H]2C)[C@@H]13. The second-order valence-corrected chi connectivity index (χ2v) is 15.3. The van der Waals surface area contributed by atoms with Crippen molar-refractivity contribution in [1.29, 1.82) is 0 Å². The van der Waals surface area contributed by atoms with E-state index in [1.54, 1.807) is 31.0 Å². The van der Waals surface area contributed by atoms with Crippen LogP contribution in [0.1, 0.15) is 65.4 Å². The Bertz CT molecular complexity index is 1200. The van der Waals surface area contributed by atoms with Gasteiger partial charge in [0.15, 0.2) is 6.10 Å². The molecule has 0 radical (unpaired) electrons. The molecule has 0 aromatic heterocycles. The monoisotopic (exact) mass is 580 g/mol. The van der Waals surface area contributed by atoms with Gasteiger partial charge in [-0.2, -0.15) is 20.2 Å². The summed E-state index contributed by atoms with van der Waals surface area (Å²) >= 11 is 1.57. The third-order valence-electron chi connectivity index (χ3n) is 10.9. The lowest BCUT2D eigenvalue weighted by molar-refractivity contribution is -0.192. The molecule has 1 N–H and O–H groups in total. The number of methoxy groups -OCH3 is 1. The molecule has 2 bridgehead atoms. The minimum absolute atomic E-state index is 0.0754. The van der Waals surface area contributed by atoms with Crippen LogP contribution in [0.2, 0.25) is 0 Å². The Morgan fingerprint density at radius 2 is 1.77 bits per heavy atom. The van der Waals surface area contributed by atoms with Gasteiger partial charge in [-0.1, -0.05) is 45.4 Å². The lowest BCUT2D eigenvalue weighted by Gasteiger charge is -2.63. The van der Waals surface area contributed by atoms with Crippen molar-refractivity contribution in [2.24, 2.45) is 39.9 Å². The van der Waals surface area contributed by atoms with Crippen molar-refractivity contribution in [3.05, 3.63) is 29.8 Å². The molecule has 1 aromatic rings. The maximum Gasteiger partial charge on any atom is 0.334 e. The second kappa shape index (κ2) is 10.8. The number of rotatable bonds is 8. The Morgan fingerprint density at radius 3 is 2.33 bits per heavy atom. The molecule has 0 aliphatic heterocycles. The Hall–Kier alpha value is -1.42. The van der Waals surface area contributed by atoms with Gasteiger partial charge in [-0.3, -0.25) is 8.98 Å². The van der Waals surface area contributed by atoms with Gasteiger partial charge in [0.25, 0.3) is 10.1 Å². The van der Waals surface area contributed by atoms with Crippen molar-refractivity contribution in [3.63, 3.8) is 0 Å². The van der Waals surface area contributed by atoms with E-state index >= 15 is 0 Å². The second-order valence-electron chi connectivity index (χ2n) is 12.8. The van der Waals surface area contributed by atoms with Crippen LogP contribution < -0.4 is 0 Å². The molecule has 0 spiro atoms. The molecule has 3 saturated carbocycles. The van der Waals surface area contributed by atoms with Gasteiger partial charge in [0, 0.05) is 30.1 Å². The molecule has 7 nitrogen and oxygen atoms in total. The summed E-state index contributed by atoms with van der Waals surface area (Å²) in [6, 6.07) is 6.22. The number of thioether (sulfide) groups is 1. The van der Waals surface area contributed by atoms with E-state index in [1.165, 1.54) is 12.1 Å². The summed E-state index contributed by atoms with van der Waals surface area (Å²) in [5, 5.41) is 10.6. The van der Waals surface area contributed by atoms with E-state index < -0.39 is 38.9 Å². The number of hydrogen-bond acceptors (Lipinski definition) is 7. The molecule has 4 rings (SSSR count). The predicted octanol–water partition coefficient (Wildman–Crippen LogP) is 5.60. The first-order valence-corrected chi connectivity index (χ1v) is 16.8. The summed E-state index contributed by atoms with van der Waals surface area (Å²) < 4.78 is 38.7. The van der Waals surface area contributed by atoms with E-state index in [2.05, 4.69) is 20.8 Å². The number of aryl methyl sites for hydroxylation is 1. The molecule has 39 heavy (non-hydrogen) atoms. The van der Waals surface area contributed by atoms with Gasteiger partial charge in [-0.05, 0) is 80.1 Å². The van der Waals surface area contributed by atoms with Crippen molar-refractivity contribution in [1.82, 2.24) is 0 Å². The summed E-state index contributed by atoms with van der Waals surface area (Å²) in [5.74, 6) is -1.57.